The Hall–Kier alpha value is -1.55. The maximum absolute atomic E-state index is 12.8. The molecule has 0 fully saturated rings. The first-order valence-corrected chi connectivity index (χ1v) is 8.65. The minimum atomic E-state index is -4.07. The lowest BCUT2D eigenvalue weighted by Crippen LogP contribution is -3.00. The van der Waals surface area contributed by atoms with Crippen LogP contribution >= 0.6 is 23.2 Å². The van der Waals surface area contributed by atoms with E-state index < -0.39 is 20.8 Å². The third kappa shape index (κ3) is 3.59. The predicted octanol–water partition coefficient (Wildman–Crippen LogP) is 2.12. The highest BCUT2D eigenvalue weighted by atomic mass is 35.5. The van der Waals surface area contributed by atoms with E-state index in [1.165, 1.54) is 25.3 Å². The van der Waals surface area contributed by atoms with Crippen LogP contribution in [-0.4, -0.2) is 27.7 Å². The number of quaternary nitrogens is 1. The molecule has 1 unspecified atom stereocenters. The van der Waals surface area contributed by atoms with Crippen LogP contribution in [0.5, 0.6) is 11.5 Å². The Kier molecular flexibility index (Phi) is 5.59. The van der Waals surface area contributed by atoms with Crippen LogP contribution in [0.25, 0.3) is 0 Å². The Morgan fingerprint density at radius 3 is 2.08 bits per heavy atom. The number of benzene rings is 2. The van der Waals surface area contributed by atoms with Gasteiger partial charge >= 0.3 is 0 Å². The van der Waals surface area contributed by atoms with Gasteiger partial charge in [0.25, 0.3) is 0 Å². The number of ether oxygens (including phenoxy) is 1. The van der Waals surface area contributed by atoms with E-state index >= 15 is 0 Å². The second kappa shape index (κ2) is 7.14. The summed E-state index contributed by atoms with van der Waals surface area (Å²) in [5, 5.41) is 21.1. The molecule has 0 spiro atoms. The summed E-state index contributed by atoms with van der Waals surface area (Å²) in [6.07, 6.45) is 0. The van der Waals surface area contributed by atoms with Crippen molar-refractivity contribution < 1.29 is 28.3 Å². The lowest BCUT2D eigenvalue weighted by molar-refractivity contribution is -0.992. The van der Waals surface area contributed by atoms with Gasteiger partial charge in [0.05, 0.1) is 24.0 Å². The molecular weight excluding hydrogens is 381 g/mol. The largest absolute Gasteiger partial charge is 0.595 e. The summed E-state index contributed by atoms with van der Waals surface area (Å²) >= 11 is 11.7. The van der Waals surface area contributed by atoms with Crippen molar-refractivity contribution in [3.05, 3.63) is 45.6 Å². The predicted molar refractivity (Wildman–Crippen MR) is 87.6 cm³/mol. The van der Waals surface area contributed by atoms with Gasteiger partial charge in [0, 0.05) is 22.2 Å². The Labute approximate surface area is 148 Å². The number of aromatic hydroxyl groups is 1. The van der Waals surface area contributed by atoms with Gasteiger partial charge in [-0.3, -0.25) is 0 Å². The number of hydrogen-bond donors (Lipinski definition) is 2. The van der Waals surface area contributed by atoms with Gasteiger partial charge in [-0.2, -0.15) is 5.23 Å². The molecule has 10 heteroatoms. The Morgan fingerprint density at radius 1 is 1.04 bits per heavy atom. The van der Waals surface area contributed by atoms with Crippen molar-refractivity contribution in [2.75, 3.05) is 14.2 Å². The lowest BCUT2D eigenvalue weighted by atomic mass is 10.2. The Bertz CT molecular complexity index is 852. The summed E-state index contributed by atoms with van der Waals surface area (Å²) in [6.45, 7) is 0. The summed E-state index contributed by atoms with van der Waals surface area (Å²) in [5.74, 6) is -0.711. The molecule has 0 saturated heterocycles. The number of phenolic OH excluding ortho intramolecular Hbond substituents is 1. The molecule has 2 rings (SSSR count). The summed E-state index contributed by atoms with van der Waals surface area (Å²) < 4.78 is 30.5. The van der Waals surface area contributed by atoms with Gasteiger partial charge in [0.1, 0.15) is 0 Å². The van der Waals surface area contributed by atoms with Crippen LogP contribution in [0.4, 0.5) is 5.69 Å². The zero-order valence-electron chi connectivity index (χ0n) is 12.5. The van der Waals surface area contributed by atoms with E-state index in [4.69, 9.17) is 27.9 Å². The van der Waals surface area contributed by atoms with Crippen LogP contribution in [0.2, 0.25) is 10.0 Å². The highest BCUT2D eigenvalue weighted by molar-refractivity contribution is 7.91. The molecule has 1 atom stereocenters. The van der Waals surface area contributed by atoms with E-state index in [-0.39, 0.29) is 31.3 Å². The minimum Gasteiger partial charge on any atom is -0.595 e. The van der Waals surface area contributed by atoms with E-state index in [1.54, 1.807) is 0 Å². The zero-order chi connectivity index (χ0) is 18.1. The summed E-state index contributed by atoms with van der Waals surface area (Å²) in [6, 6.07) is 5.92. The smallest absolute Gasteiger partial charge is 0.223 e. The quantitative estimate of drug-likeness (QED) is 0.595. The molecule has 0 bridgehead atoms. The van der Waals surface area contributed by atoms with Gasteiger partial charge < -0.3 is 15.1 Å². The number of halogens is 2. The fourth-order valence-electron chi connectivity index (χ4n) is 1.98. The van der Waals surface area contributed by atoms with Crippen molar-refractivity contribution in [3.63, 3.8) is 0 Å². The van der Waals surface area contributed by atoms with Gasteiger partial charge in [-0.05, 0) is 18.2 Å². The number of nitrogens with one attached hydrogen (secondary N) is 1. The second-order valence-electron chi connectivity index (χ2n) is 4.62. The number of rotatable bonds is 5. The van der Waals surface area contributed by atoms with Crippen molar-refractivity contribution >= 4 is 38.7 Å². The SMILES string of the molecule is COc1cc(S(=O)(=O)c2cc(Cl)cc(Cl)c2)cc([NH+]([O-])OC)c1O. The Morgan fingerprint density at radius 2 is 1.58 bits per heavy atom. The van der Waals surface area contributed by atoms with Crippen LogP contribution in [0.1, 0.15) is 0 Å². The van der Waals surface area contributed by atoms with Crippen LogP contribution in [0.3, 0.4) is 0 Å². The molecule has 7 nitrogen and oxygen atoms in total. The van der Waals surface area contributed by atoms with Crippen molar-refractivity contribution in [2.45, 2.75) is 9.79 Å². The van der Waals surface area contributed by atoms with Gasteiger partial charge in [-0.1, -0.05) is 23.2 Å². The van der Waals surface area contributed by atoms with E-state index in [9.17, 15) is 18.7 Å². The molecule has 2 aromatic carbocycles. The first-order valence-electron chi connectivity index (χ1n) is 6.41. The standard InChI is InChI=1S/C14H13Cl2NO6S/c1-22-13-7-11(6-12(14(13)18)17(19)23-2)24(20,21)10-4-8(15)3-9(16)5-10/h3-7,17-18H,1-2H3. The van der Waals surface area contributed by atoms with E-state index in [1.807, 2.05) is 0 Å². The topological polar surface area (TPSA) is 100 Å². The molecule has 2 N–H and O–H groups in total. The number of methoxy groups -OCH3 is 1. The molecule has 0 amide bonds. The maximum Gasteiger partial charge on any atom is 0.223 e. The first-order chi connectivity index (χ1) is 11.2. The van der Waals surface area contributed by atoms with Crippen molar-refractivity contribution in [1.29, 1.82) is 0 Å². The minimum absolute atomic E-state index is 0.139. The van der Waals surface area contributed by atoms with E-state index in [0.29, 0.717) is 0 Å². The van der Waals surface area contributed by atoms with Crippen LogP contribution in [0, 0.1) is 5.21 Å². The zero-order valence-corrected chi connectivity index (χ0v) is 14.9. The lowest BCUT2D eigenvalue weighted by Gasteiger charge is -2.19. The second-order valence-corrected chi connectivity index (χ2v) is 7.44. The van der Waals surface area contributed by atoms with Crippen molar-refractivity contribution in [3.8, 4) is 11.5 Å². The van der Waals surface area contributed by atoms with Crippen LogP contribution in [0.15, 0.2) is 40.1 Å². The summed E-state index contributed by atoms with van der Waals surface area (Å²) in [4.78, 5) is 4.09. The third-order valence-corrected chi connectivity index (χ3v) is 5.28. The first kappa shape index (κ1) is 18.8. The summed E-state index contributed by atoms with van der Waals surface area (Å²) in [7, 11) is -1.74. The van der Waals surface area contributed by atoms with E-state index in [0.717, 1.165) is 19.2 Å². The monoisotopic (exact) mass is 393 g/mol. The highest BCUT2D eigenvalue weighted by Crippen LogP contribution is 2.37. The third-order valence-electron chi connectivity index (χ3n) is 3.13. The molecule has 0 aliphatic rings. The van der Waals surface area contributed by atoms with Crippen molar-refractivity contribution in [1.82, 2.24) is 0 Å². The normalized spacial score (nSPS) is 12.9. The molecule has 0 aromatic heterocycles. The van der Waals surface area contributed by atoms with Crippen molar-refractivity contribution in [2.24, 2.45) is 0 Å². The molecule has 2 aromatic rings. The molecule has 0 heterocycles. The Balaban J connectivity index is 2.70. The van der Waals surface area contributed by atoms with Gasteiger partial charge in [-0.15, -0.1) is 0 Å². The molecule has 130 valence electrons. The van der Waals surface area contributed by atoms with Crippen LogP contribution < -0.4 is 9.96 Å². The fourth-order valence-corrected chi connectivity index (χ4v) is 4.01. The van der Waals surface area contributed by atoms with Crippen LogP contribution in [-0.2, 0) is 14.7 Å². The molecular formula is C14H13Cl2NO6S. The molecule has 24 heavy (non-hydrogen) atoms. The molecule has 0 aliphatic carbocycles. The molecule has 0 saturated carbocycles. The summed E-state index contributed by atoms with van der Waals surface area (Å²) in [5.41, 5.74) is -0.344. The molecule has 0 radical (unpaired) electrons. The fraction of sp³-hybridized carbons (Fsp3) is 0.143. The number of sulfone groups is 1. The average molecular weight is 394 g/mol. The average Bonchev–Trinajstić information content (AvgIpc) is 2.53. The molecule has 0 aliphatic heterocycles. The maximum atomic E-state index is 12.8. The van der Waals surface area contributed by atoms with Gasteiger partial charge in [-0.25, -0.2) is 13.3 Å². The van der Waals surface area contributed by atoms with E-state index in [2.05, 4.69) is 4.84 Å². The highest BCUT2D eigenvalue weighted by Gasteiger charge is 2.25. The van der Waals surface area contributed by atoms with Gasteiger partial charge in [0.2, 0.25) is 21.3 Å². The number of phenols is 1. The van der Waals surface area contributed by atoms with Gasteiger partial charge in [0.15, 0.2) is 5.75 Å². The number of hydrogen-bond acceptors (Lipinski definition) is 6.